The van der Waals surface area contributed by atoms with Gasteiger partial charge in [-0.3, -0.25) is 0 Å². The van der Waals surface area contributed by atoms with E-state index in [1.165, 1.54) is 13.0 Å². The van der Waals surface area contributed by atoms with Gasteiger partial charge in [-0.1, -0.05) is 15.9 Å². The lowest BCUT2D eigenvalue weighted by atomic mass is 10.2. The van der Waals surface area contributed by atoms with Crippen molar-refractivity contribution in [3.8, 4) is 0 Å². The molecule has 6 heteroatoms. The predicted molar refractivity (Wildman–Crippen MR) is 51.9 cm³/mol. The molecular weight excluding hydrogens is 282 g/mol. The quantitative estimate of drug-likeness (QED) is 0.744. The van der Waals surface area contributed by atoms with Crippen LogP contribution in [-0.2, 0) is 9.05 Å². The molecule has 2 nitrogen and oxygen atoms in total. The Morgan fingerprint density at radius 2 is 2.00 bits per heavy atom. The van der Waals surface area contributed by atoms with Crippen molar-refractivity contribution in [3.05, 3.63) is 28.0 Å². The minimum Gasteiger partial charge on any atom is -0.207 e. The van der Waals surface area contributed by atoms with E-state index in [-0.39, 0.29) is 5.56 Å². The molecule has 0 radical (unpaired) electrons. The number of aryl methyl sites for hydroxylation is 1. The maximum absolute atomic E-state index is 13.2. The highest BCUT2D eigenvalue weighted by Gasteiger charge is 2.18. The molecule has 13 heavy (non-hydrogen) atoms. The SMILES string of the molecule is Cc1cc(Br)cc(S(=O)(=O)Cl)c1F. The van der Waals surface area contributed by atoms with Crippen LogP contribution in [0.1, 0.15) is 5.56 Å². The average Bonchev–Trinajstić information content (AvgIpc) is 1.94. The van der Waals surface area contributed by atoms with Crippen molar-refractivity contribution < 1.29 is 12.8 Å². The van der Waals surface area contributed by atoms with Crippen molar-refractivity contribution in [1.29, 1.82) is 0 Å². The van der Waals surface area contributed by atoms with E-state index in [0.717, 1.165) is 6.07 Å². The molecule has 0 atom stereocenters. The van der Waals surface area contributed by atoms with Gasteiger partial charge in [-0.2, -0.15) is 0 Å². The molecule has 0 amide bonds. The van der Waals surface area contributed by atoms with Crippen molar-refractivity contribution in [2.24, 2.45) is 0 Å². The molecular formula is C7H5BrClFO2S. The second-order valence-corrected chi connectivity index (χ2v) is 5.92. The fraction of sp³-hybridized carbons (Fsp3) is 0.143. The summed E-state index contributed by atoms with van der Waals surface area (Å²) in [6.45, 7) is 1.46. The largest absolute Gasteiger partial charge is 0.264 e. The van der Waals surface area contributed by atoms with Gasteiger partial charge in [0.1, 0.15) is 10.7 Å². The molecule has 0 aliphatic heterocycles. The summed E-state index contributed by atoms with van der Waals surface area (Å²) in [6, 6.07) is 2.60. The first-order chi connectivity index (χ1) is 5.82. The summed E-state index contributed by atoms with van der Waals surface area (Å²) < 4.78 is 35.4. The summed E-state index contributed by atoms with van der Waals surface area (Å²) in [7, 11) is 1.01. The summed E-state index contributed by atoms with van der Waals surface area (Å²) in [5, 5.41) is 0. The Kier molecular flexibility index (Phi) is 2.99. The monoisotopic (exact) mass is 286 g/mol. The highest BCUT2D eigenvalue weighted by molar-refractivity contribution is 9.10. The van der Waals surface area contributed by atoms with Crippen LogP contribution in [-0.4, -0.2) is 8.42 Å². The average molecular weight is 288 g/mol. The summed E-state index contributed by atoms with van der Waals surface area (Å²) >= 11 is 3.05. The molecule has 0 aliphatic rings. The second-order valence-electron chi connectivity index (χ2n) is 2.47. The van der Waals surface area contributed by atoms with E-state index < -0.39 is 19.8 Å². The first-order valence-corrected chi connectivity index (χ1v) is 6.33. The van der Waals surface area contributed by atoms with Crippen LogP contribution in [0.2, 0.25) is 0 Å². The molecule has 0 bridgehead atoms. The highest BCUT2D eigenvalue weighted by Crippen LogP contribution is 2.25. The molecule has 0 fully saturated rings. The zero-order valence-corrected chi connectivity index (χ0v) is 9.67. The number of benzene rings is 1. The van der Waals surface area contributed by atoms with Crippen LogP contribution in [0.15, 0.2) is 21.5 Å². The van der Waals surface area contributed by atoms with Crippen molar-refractivity contribution in [2.75, 3.05) is 0 Å². The van der Waals surface area contributed by atoms with Gasteiger partial charge in [-0.25, -0.2) is 12.8 Å². The zero-order valence-electron chi connectivity index (χ0n) is 6.51. The third kappa shape index (κ3) is 2.42. The molecule has 1 aromatic carbocycles. The van der Waals surface area contributed by atoms with E-state index in [1.807, 2.05) is 0 Å². The van der Waals surface area contributed by atoms with Gasteiger partial charge in [0, 0.05) is 15.2 Å². The Hall–Kier alpha value is -0.130. The molecule has 0 heterocycles. The van der Waals surface area contributed by atoms with Gasteiger partial charge in [0.25, 0.3) is 9.05 Å². The lowest BCUT2D eigenvalue weighted by Gasteiger charge is -2.02. The molecule has 1 aromatic rings. The minimum absolute atomic E-state index is 0.230. The van der Waals surface area contributed by atoms with Crippen LogP contribution >= 0.6 is 26.6 Å². The van der Waals surface area contributed by atoms with Crippen molar-refractivity contribution in [2.45, 2.75) is 11.8 Å². The number of hydrogen-bond acceptors (Lipinski definition) is 2. The minimum atomic E-state index is -4.01. The smallest absolute Gasteiger partial charge is 0.207 e. The van der Waals surface area contributed by atoms with Crippen LogP contribution in [0.3, 0.4) is 0 Å². The third-order valence-electron chi connectivity index (χ3n) is 1.45. The van der Waals surface area contributed by atoms with E-state index >= 15 is 0 Å². The van der Waals surface area contributed by atoms with E-state index in [1.54, 1.807) is 0 Å². The van der Waals surface area contributed by atoms with Crippen LogP contribution in [0.4, 0.5) is 4.39 Å². The van der Waals surface area contributed by atoms with Gasteiger partial charge in [-0.05, 0) is 24.6 Å². The maximum Gasteiger partial charge on any atom is 0.264 e. The molecule has 0 saturated carbocycles. The van der Waals surface area contributed by atoms with Gasteiger partial charge in [0.05, 0.1) is 0 Å². The summed E-state index contributed by atoms with van der Waals surface area (Å²) in [5.41, 5.74) is 0.230. The van der Waals surface area contributed by atoms with E-state index in [4.69, 9.17) is 10.7 Å². The van der Waals surface area contributed by atoms with E-state index in [2.05, 4.69) is 15.9 Å². The molecule has 0 spiro atoms. The summed E-state index contributed by atoms with van der Waals surface area (Å²) in [5.74, 6) is -0.807. The fourth-order valence-electron chi connectivity index (χ4n) is 0.872. The van der Waals surface area contributed by atoms with Crippen molar-refractivity contribution in [3.63, 3.8) is 0 Å². The van der Waals surface area contributed by atoms with Gasteiger partial charge in [0.15, 0.2) is 0 Å². The Bertz CT molecular complexity index is 444. The number of rotatable bonds is 1. The molecule has 1 rings (SSSR count). The molecule has 0 N–H and O–H groups in total. The van der Waals surface area contributed by atoms with Gasteiger partial charge in [-0.15, -0.1) is 0 Å². The summed E-state index contributed by atoms with van der Waals surface area (Å²) in [6.07, 6.45) is 0. The lowest BCUT2D eigenvalue weighted by molar-refractivity contribution is 0.569. The normalized spacial score (nSPS) is 11.7. The van der Waals surface area contributed by atoms with Crippen molar-refractivity contribution >= 4 is 35.7 Å². The fourth-order valence-corrected chi connectivity index (χ4v) is 2.58. The molecule has 0 aliphatic carbocycles. The van der Waals surface area contributed by atoms with Crippen LogP contribution in [0.5, 0.6) is 0 Å². The number of halogens is 3. The maximum atomic E-state index is 13.2. The second kappa shape index (κ2) is 3.55. The van der Waals surface area contributed by atoms with Crippen LogP contribution in [0, 0.1) is 12.7 Å². The molecule has 0 saturated heterocycles. The zero-order chi connectivity index (χ0) is 10.2. The molecule has 0 aromatic heterocycles. The highest BCUT2D eigenvalue weighted by atomic mass is 79.9. The Morgan fingerprint density at radius 3 is 2.46 bits per heavy atom. The lowest BCUT2D eigenvalue weighted by Crippen LogP contribution is -1.97. The summed E-state index contributed by atoms with van der Waals surface area (Å²) in [4.78, 5) is -0.499. The van der Waals surface area contributed by atoms with Gasteiger partial charge >= 0.3 is 0 Å². The van der Waals surface area contributed by atoms with Crippen molar-refractivity contribution in [1.82, 2.24) is 0 Å². The molecule has 0 unspecified atom stereocenters. The molecule has 72 valence electrons. The Labute approximate surface area is 88.3 Å². The van der Waals surface area contributed by atoms with Gasteiger partial charge in [0.2, 0.25) is 0 Å². The third-order valence-corrected chi connectivity index (χ3v) is 3.23. The van der Waals surface area contributed by atoms with Crippen LogP contribution in [0.25, 0.3) is 0 Å². The first-order valence-electron chi connectivity index (χ1n) is 3.22. The van der Waals surface area contributed by atoms with Gasteiger partial charge < -0.3 is 0 Å². The Morgan fingerprint density at radius 1 is 1.46 bits per heavy atom. The Balaban J connectivity index is 3.56. The topological polar surface area (TPSA) is 34.1 Å². The standard InChI is InChI=1S/C7H5BrClFO2S/c1-4-2-5(8)3-6(7(4)10)13(9,11)12/h2-3H,1H3. The van der Waals surface area contributed by atoms with E-state index in [9.17, 15) is 12.8 Å². The predicted octanol–water partition coefficient (Wildman–Crippen LogP) is 2.82. The number of hydrogen-bond donors (Lipinski definition) is 0. The van der Waals surface area contributed by atoms with E-state index in [0.29, 0.717) is 4.47 Å². The van der Waals surface area contributed by atoms with Crippen LogP contribution < -0.4 is 0 Å². The first kappa shape index (κ1) is 10.9.